The van der Waals surface area contributed by atoms with Gasteiger partial charge >= 0.3 is 0 Å². The first-order chi connectivity index (χ1) is 10.3. The number of aromatic amines is 1. The highest BCUT2D eigenvalue weighted by Crippen LogP contribution is 2.69. The third-order valence-corrected chi connectivity index (χ3v) is 8.49. The van der Waals surface area contributed by atoms with E-state index in [1.807, 2.05) is 0 Å². The molecule has 2 heterocycles. The molecule has 120 valence electrons. The highest BCUT2D eigenvalue weighted by Gasteiger charge is 2.72. The van der Waals surface area contributed by atoms with E-state index in [-0.39, 0.29) is 35.0 Å². The van der Waals surface area contributed by atoms with Gasteiger partial charge in [0.15, 0.2) is 0 Å². The molecule has 0 aromatic carbocycles. The Labute approximate surface area is 130 Å². The summed E-state index contributed by atoms with van der Waals surface area (Å²) >= 11 is 0. The normalized spacial score (nSPS) is 37.5. The van der Waals surface area contributed by atoms with E-state index >= 15 is 0 Å². The summed E-state index contributed by atoms with van der Waals surface area (Å²) in [6.45, 7) is 4.37. The number of nitrogens with zero attached hydrogens (tertiary/aromatic N) is 2. The van der Waals surface area contributed by atoms with Crippen LogP contribution in [0, 0.1) is 16.7 Å². The summed E-state index contributed by atoms with van der Waals surface area (Å²) in [6.07, 6.45) is 4.46. The molecule has 3 atom stereocenters. The number of amides is 1. The van der Waals surface area contributed by atoms with Crippen LogP contribution in [0.25, 0.3) is 0 Å². The molecule has 3 fully saturated rings. The molecule has 2 saturated carbocycles. The van der Waals surface area contributed by atoms with Gasteiger partial charge in [-0.2, -0.15) is 5.10 Å². The molecule has 7 heteroatoms. The molecule has 6 nitrogen and oxygen atoms in total. The summed E-state index contributed by atoms with van der Waals surface area (Å²) in [6, 6.07) is 1.56. The van der Waals surface area contributed by atoms with Crippen LogP contribution in [0.15, 0.2) is 12.3 Å². The van der Waals surface area contributed by atoms with Crippen molar-refractivity contribution in [2.75, 3.05) is 5.75 Å². The topological polar surface area (TPSA) is 83.1 Å². The molecule has 0 unspecified atom stereocenters. The summed E-state index contributed by atoms with van der Waals surface area (Å²) < 4.78 is 26.6. The Bertz CT molecular complexity index is 725. The van der Waals surface area contributed by atoms with Crippen molar-refractivity contribution in [2.24, 2.45) is 16.7 Å². The van der Waals surface area contributed by atoms with Crippen molar-refractivity contribution >= 4 is 15.9 Å². The number of H-pyrrole nitrogens is 1. The van der Waals surface area contributed by atoms with Crippen LogP contribution in [-0.4, -0.2) is 40.6 Å². The van der Waals surface area contributed by atoms with Gasteiger partial charge in [-0.3, -0.25) is 9.89 Å². The van der Waals surface area contributed by atoms with Crippen molar-refractivity contribution in [2.45, 2.75) is 45.6 Å². The number of fused-ring (bicyclic) bond motifs is 1. The molecule has 3 aliphatic rings. The molecule has 1 amide bonds. The van der Waals surface area contributed by atoms with Crippen LogP contribution in [0.3, 0.4) is 0 Å². The van der Waals surface area contributed by atoms with Crippen molar-refractivity contribution in [1.82, 2.24) is 14.5 Å². The summed E-state index contributed by atoms with van der Waals surface area (Å²) in [5.74, 6) is 0.327. The number of hydrogen-bond donors (Lipinski definition) is 1. The number of carbonyl (C=O) groups excluding carboxylic acids is 1. The molecular weight excluding hydrogens is 302 g/mol. The van der Waals surface area contributed by atoms with Gasteiger partial charge in [0.05, 0.1) is 18.2 Å². The van der Waals surface area contributed by atoms with Gasteiger partial charge < -0.3 is 0 Å². The minimum absolute atomic E-state index is 0.00620. The van der Waals surface area contributed by atoms with Crippen molar-refractivity contribution in [3.8, 4) is 0 Å². The van der Waals surface area contributed by atoms with E-state index < -0.39 is 10.0 Å². The molecule has 1 spiro atoms. The summed E-state index contributed by atoms with van der Waals surface area (Å²) in [7, 11) is -3.51. The average Bonchev–Trinajstić information content (AvgIpc) is 3.09. The maximum absolute atomic E-state index is 12.7. The molecule has 1 aromatic heterocycles. The lowest BCUT2D eigenvalue weighted by Crippen LogP contribution is -2.44. The van der Waals surface area contributed by atoms with E-state index in [9.17, 15) is 13.2 Å². The van der Waals surface area contributed by atoms with E-state index in [2.05, 4.69) is 24.0 Å². The number of hydrogen-bond acceptors (Lipinski definition) is 4. The molecule has 4 rings (SSSR count). The summed E-state index contributed by atoms with van der Waals surface area (Å²) in [4.78, 5) is 12.7. The Morgan fingerprint density at radius 3 is 2.91 bits per heavy atom. The molecule has 0 radical (unpaired) electrons. The summed E-state index contributed by atoms with van der Waals surface area (Å²) in [5.41, 5.74) is 0.400. The van der Waals surface area contributed by atoms with Crippen LogP contribution in [0.1, 0.15) is 38.8 Å². The van der Waals surface area contributed by atoms with E-state index in [0.717, 1.165) is 19.3 Å². The Kier molecular flexibility index (Phi) is 2.67. The number of nitrogens with one attached hydrogen (secondary N) is 1. The van der Waals surface area contributed by atoms with E-state index in [4.69, 9.17) is 0 Å². The third-order valence-electron chi connectivity index (χ3n) is 6.56. The maximum atomic E-state index is 12.7. The fraction of sp³-hybridized carbons (Fsp3) is 0.733. The first-order valence-electron chi connectivity index (χ1n) is 7.81. The SMILES string of the molecule is CC1(C)[C@@H]2CC[C@]13CS(=O)(=O)N(C(=O)Cc1ccn[nH]1)[C@@H]3C2. The molecule has 2 aliphatic carbocycles. The zero-order valence-electron chi connectivity index (χ0n) is 12.9. The van der Waals surface area contributed by atoms with Crippen molar-refractivity contribution in [3.05, 3.63) is 18.0 Å². The largest absolute Gasteiger partial charge is 0.282 e. The van der Waals surface area contributed by atoms with Crippen LogP contribution in [0.2, 0.25) is 0 Å². The van der Waals surface area contributed by atoms with E-state index in [0.29, 0.717) is 11.6 Å². The number of sulfonamides is 1. The number of carbonyl (C=O) groups is 1. The fourth-order valence-corrected chi connectivity index (χ4v) is 7.79. The zero-order valence-corrected chi connectivity index (χ0v) is 13.7. The molecule has 1 saturated heterocycles. The van der Waals surface area contributed by atoms with Gasteiger partial charge in [-0.05, 0) is 36.7 Å². The van der Waals surface area contributed by atoms with Gasteiger partial charge in [0.1, 0.15) is 0 Å². The van der Waals surface area contributed by atoms with E-state index in [1.165, 1.54) is 4.31 Å². The highest BCUT2D eigenvalue weighted by molar-refractivity contribution is 7.90. The van der Waals surface area contributed by atoms with Gasteiger partial charge in [-0.25, -0.2) is 12.7 Å². The van der Waals surface area contributed by atoms with Crippen LogP contribution in [-0.2, 0) is 21.2 Å². The van der Waals surface area contributed by atoms with Crippen LogP contribution in [0.4, 0.5) is 0 Å². The Balaban J connectivity index is 1.70. The molecule has 1 aliphatic heterocycles. The Morgan fingerprint density at radius 2 is 2.27 bits per heavy atom. The second-order valence-electron chi connectivity index (χ2n) is 7.57. The summed E-state index contributed by atoms with van der Waals surface area (Å²) in [5, 5.41) is 6.55. The minimum Gasteiger partial charge on any atom is -0.282 e. The second-order valence-corrected chi connectivity index (χ2v) is 9.42. The van der Waals surface area contributed by atoms with Gasteiger partial charge in [-0.15, -0.1) is 0 Å². The smallest absolute Gasteiger partial charge is 0.242 e. The Morgan fingerprint density at radius 1 is 1.50 bits per heavy atom. The van der Waals surface area contributed by atoms with Crippen LogP contribution >= 0.6 is 0 Å². The minimum atomic E-state index is -3.51. The van der Waals surface area contributed by atoms with Gasteiger partial charge in [0.2, 0.25) is 15.9 Å². The quantitative estimate of drug-likeness (QED) is 0.890. The van der Waals surface area contributed by atoms with Crippen LogP contribution in [0.5, 0.6) is 0 Å². The predicted octanol–water partition coefficient (Wildman–Crippen LogP) is 1.32. The number of aromatic nitrogens is 2. The van der Waals surface area contributed by atoms with Crippen LogP contribution < -0.4 is 0 Å². The third kappa shape index (κ3) is 1.58. The molecule has 22 heavy (non-hydrogen) atoms. The van der Waals surface area contributed by atoms with Crippen molar-refractivity contribution < 1.29 is 13.2 Å². The standard InChI is InChI=1S/C15H21N3O3S/c1-14(2)10-3-5-15(14)9-22(20,21)18(12(15)7-10)13(19)8-11-4-6-16-17-11/h4,6,10,12H,3,5,7-9H2,1-2H3,(H,16,17)/t10-,12-,15-/m1/s1. The lowest BCUT2D eigenvalue weighted by Gasteiger charge is -2.37. The lowest BCUT2D eigenvalue weighted by atomic mass is 9.69. The lowest BCUT2D eigenvalue weighted by molar-refractivity contribution is -0.128. The second kappa shape index (κ2) is 4.13. The molecular formula is C15H21N3O3S. The van der Waals surface area contributed by atoms with Crippen molar-refractivity contribution in [3.63, 3.8) is 0 Å². The fourth-order valence-electron chi connectivity index (χ4n) is 5.24. The van der Waals surface area contributed by atoms with E-state index in [1.54, 1.807) is 12.3 Å². The van der Waals surface area contributed by atoms with Gasteiger partial charge in [0.25, 0.3) is 0 Å². The number of rotatable bonds is 2. The first kappa shape index (κ1) is 14.2. The molecule has 1 N–H and O–H groups in total. The molecule has 1 aromatic rings. The first-order valence-corrected chi connectivity index (χ1v) is 9.42. The average molecular weight is 323 g/mol. The maximum Gasteiger partial charge on any atom is 0.242 e. The monoisotopic (exact) mass is 323 g/mol. The van der Waals surface area contributed by atoms with Crippen molar-refractivity contribution in [1.29, 1.82) is 0 Å². The predicted molar refractivity (Wildman–Crippen MR) is 80.3 cm³/mol. The Hall–Kier alpha value is -1.37. The van der Waals surface area contributed by atoms with Gasteiger partial charge in [0, 0.05) is 17.3 Å². The zero-order chi connectivity index (χ0) is 15.8. The molecule has 2 bridgehead atoms. The van der Waals surface area contributed by atoms with Gasteiger partial charge in [-0.1, -0.05) is 13.8 Å². The highest BCUT2D eigenvalue weighted by atomic mass is 32.2.